The molecular weight excluding hydrogens is 286 g/mol. The van der Waals surface area contributed by atoms with Crippen molar-refractivity contribution in [1.29, 1.82) is 0 Å². The Kier molecular flexibility index (Phi) is 5.32. The van der Waals surface area contributed by atoms with E-state index in [1.165, 1.54) is 13.0 Å². The lowest BCUT2D eigenvalue weighted by atomic mass is 10.2. The first-order valence-corrected chi connectivity index (χ1v) is 7.38. The van der Waals surface area contributed by atoms with E-state index in [1.807, 2.05) is 6.92 Å². The maximum atomic E-state index is 12.1. The predicted molar refractivity (Wildman–Crippen MR) is 80.8 cm³/mol. The number of amides is 2. The Morgan fingerprint density at radius 2 is 2.23 bits per heavy atom. The first-order chi connectivity index (χ1) is 10.5. The number of hydrogen-bond donors (Lipinski definition) is 2. The zero-order chi connectivity index (χ0) is 16.1. The second kappa shape index (κ2) is 7.22. The molecule has 7 heteroatoms. The summed E-state index contributed by atoms with van der Waals surface area (Å²) in [6.45, 7) is 5.23. The third kappa shape index (κ3) is 4.17. The number of H-pyrrole nitrogens is 1. The van der Waals surface area contributed by atoms with Crippen LogP contribution in [0.1, 0.15) is 29.9 Å². The number of nitrogens with one attached hydrogen (secondary N) is 2. The summed E-state index contributed by atoms with van der Waals surface area (Å²) in [4.78, 5) is 39.3. The van der Waals surface area contributed by atoms with Gasteiger partial charge in [-0.1, -0.05) is 6.92 Å². The van der Waals surface area contributed by atoms with Crippen LogP contribution in [0, 0.1) is 0 Å². The molecule has 1 aromatic rings. The van der Waals surface area contributed by atoms with Gasteiger partial charge in [-0.15, -0.1) is 0 Å². The van der Waals surface area contributed by atoms with Gasteiger partial charge in [0.25, 0.3) is 5.91 Å². The summed E-state index contributed by atoms with van der Waals surface area (Å²) >= 11 is 0. The molecule has 1 fully saturated rings. The van der Waals surface area contributed by atoms with Gasteiger partial charge >= 0.3 is 0 Å². The van der Waals surface area contributed by atoms with Crippen molar-refractivity contribution in [2.45, 2.75) is 26.4 Å². The smallest absolute Gasteiger partial charge is 0.251 e. The topological polar surface area (TPSA) is 91.5 Å². The van der Waals surface area contributed by atoms with E-state index in [-0.39, 0.29) is 23.5 Å². The number of aromatic amines is 1. The van der Waals surface area contributed by atoms with Crippen molar-refractivity contribution in [3.63, 3.8) is 0 Å². The lowest BCUT2D eigenvalue weighted by Gasteiger charge is -2.32. The van der Waals surface area contributed by atoms with Crippen molar-refractivity contribution in [3.05, 3.63) is 33.7 Å². The van der Waals surface area contributed by atoms with E-state index >= 15 is 0 Å². The first-order valence-electron chi connectivity index (χ1n) is 7.38. The van der Waals surface area contributed by atoms with E-state index in [1.54, 1.807) is 11.0 Å². The quantitative estimate of drug-likeness (QED) is 0.813. The van der Waals surface area contributed by atoms with Crippen LogP contribution >= 0.6 is 0 Å². The summed E-state index contributed by atoms with van der Waals surface area (Å²) in [6, 6.07) is 2.94. The van der Waals surface area contributed by atoms with Crippen molar-refractivity contribution in [3.8, 4) is 0 Å². The van der Waals surface area contributed by atoms with Gasteiger partial charge in [0, 0.05) is 43.9 Å². The van der Waals surface area contributed by atoms with Gasteiger partial charge in [0.2, 0.25) is 11.5 Å². The molecule has 7 nitrogen and oxygen atoms in total. The summed E-state index contributed by atoms with van der Waals surface area (Å²) in [6.07, 6.45) is 0.421. The molecule has 0 aliphatic carbocycles. The molecule has 0 bridgehead atoms. The van der Waals surface area contributed by atoms with Crippen LogP contribution in [0.5, 0.6) is 0 Å². The summed E-state index contributed by atoms with van der Waals surface area (Å²) in [5.74, 6) is -0.314. The summed E-state index contributed by atoms with van der Waals surface area (Å²) in [5.41, 5.74) is 0.760. The van der Waals surface area contributed by atoms with Gasteiger partial charge < -0.3 is 19.9 Å². The molecule has 0 unspecified atom stereocenters. The van der Waals surface area contributed by atoms with Crippen LogP contribution in [-0.2, 0) is 16.0 Å². The fraction of sp³-hybridized carbons (Fsp3) is 0.533. The zero-order valence-electron chi connectivity index (χ0n) is 12.8. The van der Waals surface area contributed by atoms with E-state index in [0.29, 0.717) is 43.9 Å². The highest BCUT2D eigenvalue weighted by atomic mass is 16.5. The van der Waals surface area contributed by atoms with Gasteiger partial charge in [-0.05, 0) is 12.5 Å². The molecular formula is C15H21N3O4. The van der Waals surface area contributed by atoms with Crippen LogP contribution in [0.4, 0.5) is 0 Å². The molecule has 0 saturated carbocycles. The van der Waals surface area contributed by atoms with E-state index in [4.69, 9.17) is 4.74 Å². The highest BCUT2D eigenvalue weighted by Gasteiger charge is 2.22. The van der Waals surface area contributed by atoms with Crippen LogP contribution < -0.4 is 10.9 Å². The zero-order valence-corrected chi connectivity index (χ0v) is 12.8. The molecule has 1 aliphatic heterocycles. The molecule has 1 aromatic heterocycles. The van der Waals surface area contributed by atoms with Gasteiger partial charge in [0.05, 0.1) is 12.7 Å². The van der Waals surface area contributed by atoms with E-state index in [2.05, 4.69) is 10.3 Å². The minimum atomic E-state index is -0.315. The number of morpholine rings is 1. The number of pyridine rings is 1. The van der Waals surface area contributed by atoms with Gasteiger partial charge in [-0.3, -0.25) is 14.4 Å². The molecule has 2 N–H and O–H groups in total. The number of carbonyl (C=O) groups excluding carboxylic acids is 2. The number of nitrogens with zero attached hydrogens (tertiary/aromatic N) is 1. The van der Waals surface area contributed by atoms with Crippen molar-refractivity contribution < 1.29 is 14.3 Å². The molecule has 1 aliphatic rings. The Bertz CT molecular complexity index is 611. The van der Waals surface area contributed by atoms with Crippen LogP contribution in [0.2, 0.25) is 0 Å². The average molecular weight is 307 g/mol. The molecule has 1 saturated heterocycles. The number of ether oxygens (including phenoxy) is 1. The van der Waals surface area contributed by atoms with Gasteiger partial charge in [-0.25, -0.2) is 0 Å². The lowest BCUT2D eigenvalue weighted by Crippen LogP contribution is -2.49. The van der Waals surface area contributed by atoms with Crippen molar-refractivity contribution >= 4 is 11.8 Å². The minimum Gasteiger partial charge on any atom is -0.373 e. The third-order valence-electron chi connectivity index (χ3n) is 3.62. The molecule has 120 valence electrons. The molecule has 0 aromatic carbocycles. The maximum Gasteiger partial charge on any atom is 0.251 e. The second-order valence-corrected chi connectivity index (χ2v) is 5.28. The van der Waals surface area contributed by atoms with Gasteiger partial charge in [0.15, 0.2) is 0 Å². The monoisotopic (exact) mass is 307 g/mol. The fourth-order valence-electron chi connectivity index (χ4n) is 2.36. The Balaban J connectivity index is 1.94. The van der Waals surface area contributed by atoms with Crippen molar-refractivity contribution in [2.75, 3.05) is 26.2 Å². The number of rotatable bonds is 4. The van der Waals surface area contributed by atoms with Crippen molar-refractivity contribution in [2.24, 2.45) is 0 Å². The van der Waals surface area contributed by atoms with E-state index in [9.17, 15) is 14.4 Å². The molecule has 22 heavy (non-hydrogen) atoms. The average Bonchev–Trinajstić information content (AvgIpc) is 2.52. The summed E-state index contributed by atoms with van der Waals surface area (Å²) in [7, 11) is 0. The Hall–Kier alpha value is -2.15. The van der Waals surface area contributed by atoms with Crippen LogP contribution in [0.3, 0.4) is 0 Å². The minimum absolute atomic E-state index is 0.00167. The molecule has 2 amide bonds. The Morgan fingerprint density at radius 1 is 1.45 bits per heavy atom. The fourth-order valence-corrected chi connectivity index (χ4v) is 2.36. The third-order valence-corrected chi connectivity index (χ3v) is 3.62. The van der Waals surface area contributed by atoms with Crippen LogP contribution in [0.25, 0.3) is 0 Å². The van der Waals surface area contributed by atoms with Gasteiger partial charge in [-0.2, -0.15) is 0 Å². The molecule has 2 rings (SSSR count). The van der Waals surface area contributed by atoms with Crippen LogP contribution in [0.15, 0.2) is 16.9 Å². The first kappa shape index (κ1) is 16.2. The Morgan fingerprint density at radius 3 is 2.91 bits per heavy atom. The SMILES string of the molecule is CCc1cc(C(=O)NC[C@@H]2CN(C(C)=O)CCO2)cc(=O)[nH]1. The summed E-state index contributed by atoms with van der Waals surface area (Å²) < 4.78 is 5.54. The lowest BCUT2D eigenvalue weighted by molar-refractivity contribution is -0.136. The standard InChI is InChI=1S/C15H21N3O4/c1-3-12-6-11(7-14(20)17-12)15(21)16-8-13-9-18(10(2)19)4-5-22-13/h6-7,13H,3-5,8-9H2,1-2H3,(H,16,21)(H,17,20)/t13-/m1/s1. The largest absolute Gasteiger partial charge is 0.373 e. The number of aromatic nitrogens is 1. The normalized spacial score (nSPS) is 18.1. The molecule has 2 heterocycles. The summed E-state index contributed by atoms with van der Waals surface area (Å²) in [5, 5.41) is 2.75. The van der Waals surface area contributed by atoms with Crippen molar-refractivity contribution in [1.82, 2.24) is 15.2 Å². The number of aryl methyl sites for hydroxylation is 1. The Labute approximate surface area is 128 Å². The number of hydrogen-bond acceptors (Lipinski definition) is 4. The van der Waals surface area contributed by atoms with E-state index < -0.39 is 0 Å². The highest BCUT2D eigenvalue weighted by Crippen LogP contribution is 2.05. The number of carbonyl (C=O) groups is 2. The second-order valence-electron chi connectivity index (χ2n) is 5.28. The maximum absolute atomic E-state index is 12.1. The predicted octanol–water partition coefficient (Wildman–Crippen LogP) is -0.0856. The van der Waals surface area contributed by atoms with E-state index in [0.717, 1.165) is 0 Å². The molecule has 0 radical (unpaired) electrons. The van der Waals surface area contributed by atoms with Crippen LogP contribution in [-0.4, -0.2) is 54.0 Å². The van der Waals surface area contributed by atoms with Gasteiger partial charge in [0.1, 0.15) is 0 Å². The highest BCUT2D eigenvalue weighted by molar-refractivity contribution is 5.94. The molecule has 1 atom stereocenters. The molecule has 0 spiro atoms.